The van der Waals surface area contributed by atoms with Crippen LogP contribution >= 0.6 is 47.0 Å². The van der Waals surface area contributed by atoms with E-state index in [1.807, 2.05) is 194 Å². The van der Waals surface area contributed by atoms with Crippen LogP contribution in [0.2, 0.25) is 0 Å². The first-order valence-electron chi connectivity index (χ1n) is 31.7. The quantitative estimate of drug-likeness (QED) is 0.0145. The Kier molecular flexibility index (Phi) is 37.2. The number of nitrogens with one attached hydrogen (secondary N) is 2. The van der Waals surface area contributed by atoms with E-state index in [2.05, 4.69) is 94.4 Å². The number of hydrogen-bond acceptors (Lipinski definition) is 16. The Morgan fingerprint density at radius 1 is 0.402 bits per heavy atom. The van der Waals surface area contributed by atoms with Crippen LogP contribution < -0.4 is 10.6 Å². The molecule has 0 spiro atoms. The van der Waals surface area contributed by atoms with Gasteiger partial charge < -0.3 is 68.2 Å². The molecule has 12 atom stereocenters. The monoisotopic (exact) mass is 1470 g/mol. The standard InChI is InChI=1S/C38H43NO7S.C34H35IO5.C4H9NO2S.2CH4/c1-39-32(37(40)41)27-47-38-36(45-25-31-20-12-5-13-21-31)35(44-24-30-18-10-4-11-19-30)34(43-23-29-16-8-3-9-17-29)33(46-38)26-42-22-28-14-6-2-7-15-28;35-34-33(39-24-29-19-11-4-12-20-29)32(38-23-28-17-9-3-10-18-28)31(37-22-27-15-7-2-8-16-27)30(40-34)25-36-21-26-13-5-1-6-14-26;1-5-3(2-8)4(6)7;;/h2-21,32-36,38-39H,22-27H2,1H3,(H,40,41);1-20,30-34H,21-25H2;3,5,8H,2H2,1H3,(H,6,7);2*1H4/t32-,33?,34?,35?,36?,38?;;3-;;/m0.0../s1. The molecule has 0 radical (unpaired) electrons. The Bertz CT molecular complexity index is 3330. The van der Waals surface area contributed by atoms with E-state index >= 15 is 0 Å². The predicted molar refractivity (Wildman–Crippen MR) is 394 cm³/mol. The molecule has 0 bridgehead atoms. The summed E-state index contributed by atoms with van der Waals surface area (Å²) in [5, 5.41) is 23.5. The smallest absolute Gasteiger partial charge is 0.321 e. The van der Waals surface area contributed by atoms with Crippen molar-refractivity contribution in [2.45, 2.75) is 138 Å². The number of alkyl halides is 1. The Morgan fingerprint density at radius 2 is 0.660 bits per heavy atom. The van der Waals surface area contributed by atoms with Crippen LogP contribution in [-0.4, -0.2) is 131 Å². The number of benzene rings is 8. The van der Waals surface area contributed by atoms with E-state index in [0.717, 1.165) is 44.5 Å². The van der Waals surface area contributed by atoms with Crippen LogP contribution in [0.15, 0.2) is 243 Å². The van der Waals surface area contributed by atoms with Crippen molar-refractivity contribution >= 4 is 58.9 Å². The first kappa shape index (κ1) is 79.6. The van der Waals surface area contributed by atoms with E-state index in [9.17, 15) is 14.7 Å². The molecule has 4 N–H and O–H groups in total. The fourth-order valence-corrected chi connectivity index (χ4v) is 13.0. The average molecular weight is 1480 g/mol. The summed E-state index contributed by atoms with van der Waals surface area (Å²) in [6.45, 7) is 3.89. The molecule has 10 unspecified atom stereocenters. The number of halogens is 1. The molecule has 2 heterocycles. The molecule has 10 rings (SSSR count). The van der Waals surface area contributed by atoms with Crippen molar-refractivity contribution in [3.63, 3.8) is 0 Å². The number of carboxylic acid groups (broad SMARTS) is 2. The second-order valence-corrected chi connectivity index (χ2v) is 25.2. The zero-order chi connectivity index (χ0) is 66.7. The van der Waals surface area contributed by atoms with Gasteiger partial charge in [0.1, 0.15) is 70.5 Å². The minimum atomic E-state index is -0.929. The Balaban J connectivity index is 0.000000273. The first-order chi connectivity index (χ1) is 46.6. The highest BCUT2D eigenvalue weighted by Gasteiger charge is 2.50. The van der Waals surface area contributed by atoms with Gasteiger partial charge in [0.2, 0.25) is 0 Å². The van der Waals surface area contributed by atoms with Crippen molar-refractivity contribution in [3.8, 4) is 0 Å². The number of thiol groups is 1. The van der Waals surface area contributed by atoms with Gasteiger partial charge in [-0.2, -0.15) is 12.6 Å². The van der Waals surface area contributed by atoms with E-state index in [1.165, 1.54) is 11.8 Å². The zero-order valence-electron chi connectivity index (χ0n) is 53.5. The van der Waals surface area contributed by atoms with Crippen molar-refractivity contribution in [2.24, 2.45) is 0 Å². The summed E-state index contributed by atoms with van der Waals surface area (Å²) in [5.41, 5.74) is 7.94. The molecule has 16 nitrogen and oxygen atoms in total. The maximum Gasteiger partial charge on any atom is 0.321 e. The normalized spacial score (nSPS) is 20.9. The lowest BCUT2D eigenvalue weighted by Gasteiger charge is -2.46. The van der Waals surface area contributed by atoms with Crippen molar-refractivity contribution < 1.29 is 67.2 Å². The van der Waals surface area contributed by atoms with Crippen LogP contribution in [-0.2, 0) is 110 Å². The predicted octanol–water partition coefficient (Wildman–Crippen LogP) is 14.1. The molecular weight excluding hydrogens is 1380 g/mol. The first-order valence-corrected chi connectivity index (χ1v) is 34.7. The summed E-state index contributed by atoms with van der Waals surface area (Å²) in [6.07, 6.45) is -3.64. The number of thioether (sulfide) groups is 1. The van der Waals surface area contributed by atoms with E-state index in [0.29, 0.717) is 65.2 Å². The molecule has 97 heavy (non-hydrogen) atoms. The molecule has 8 aromatic carbocycles. The molecule has 8 aromatic rings. The van der Waals surface area contributed by atoms with Crippen molar-refractivity contribution in [2.75, 3.05) is 38.8 Å². The largest absolute Gasteiger partial charge is 0.480 e. The number of carboxylic acids is 2. The molecule has 2 saturated heterocycles. The highest BCUT2D eigenvalue weighted by molar-refractivity contribution is 14.1. The molecule has 2 aliphatic heterocycles. The summed E-state index contributed by atoms with van der Waals surface area (Å²) in [4.78, 5) is 22.0. The Hall–Kier alpha value is -6.35. The lowest BCUT2D eigenvalue weighted by molar-refractivity contribution is -0.254. The van der Waals surface area contributed by atoms with Crippen molar-refractivity contribution in [1.82, 2.24) is 10.6 Å². The molecule has 0 amide bonds. The summed E-state index contributed by atoms with van der Waals surface area (Å²) in [7, 11) is 3.24. The number of hydrogen-bond donors (Lipinski definition) is 5. The highest BCUT2D eigenvalue weighted by Crippen LogP contribution is 2.37. The van der Waals surface area contributed by atoms with Gasteiger partial charge in [-0.25, -0.2) is 0 Å². The SMILES string of the molecule is C.C.CN[C@@H](CS)C(=O)O.CN[C@@H](CSC1OC(COCc2ccccc2)C(OCc2ccccc2)C(OCc2ccccc2)C1OCc1ccccc1)C(=O)O.IC1OC(COCc2ccccc2)C(OCc2ccccc2)C(OCc2ccccc2)C1OCc1ccccc1. The topological polar surface area (TPSA) is 191 Å². The van der Waals surface area contributed by atoms with Gasteiger partial charge in [0, 0.05) is 11.5 Å². The lowest BCUT2D eigenvalue weighted by atomic mass is 9.98. The maximum absolute atomic E-state index is 11.9. The van der Waals surface area contributed by atoms with Gasteiger partial charge in [-0.3, -0.25) is 9.59 Å². The average Bonchev–Trinajstić information content (AvgIpc) is 0.861. The summed E-state index contributed by atoms with van der Waals surface area (Å²) >= 11 is 7.51. The molecule has 0 saturated carbocycles. The van der Waals surface area contributed by atoms with Crippen molar-refractivity contribution in [1.29, 1.82) is 0 Å². The summed E-state index contributed by atoms with van der Waals surface area (Å²) in [6, 6.07) is 79.3. The van der Waals surface area contributed by atoms with Gasteiger partial charge in [0.05, 0.1) is 66.1 Å². The fourth-order valence-electron chi connectivity index (χ4n) is 10.4. The third kappa shape index (κ3) is 27.4. The molecular formula is C78H95IN2O14S2. The molecule has 0 aliphatic carbocycles. The van der Waals surface area contributed by atoms with Crippen LogP contribution in [0.4, 0.5) is 0 Å². The zero-order valence-corrected chi connectivity index (χ0v) is 57.4. The maximum atomic E-state index is 11.9. The molecule has 19 heteroatoms. The highest BCUT2D eigenvalue weighted by atomic mass is 127. The van der Waals surface area contributed by atoms with Gasteiger partial charge in [0.25, 0.3) is 0 Å². The van der Waals surface area contributed by atoms with Gasteiger partial charge in [-0.15, -0.1) is 11.8 Å². The van der Waals surface area contributed by atoms with Crippen LogP contribution in [0.25, 0.3) is 0 Å². The molecule has 0 aromatic heterocycles. The fraction of sp³-hybridized carbons (Fsp3) is 0.359. The van der Waals surface area contributed by atoms with Gasteiger partial charge in [0.15, 0.2) is 0 Å². The Labute approximate surface area is 596 Å². The molecule has 2 fully saturated rings. The summed E-state index contributed by atoms with van der Waals surface area (Å²) < 4.78 is 65.3. The number of ether oxygens (including phenoxy) is 10. The van der Waals surface area contributed by atoms with Crippen LogP contribution in [0.1, 0.15) is 59.4 Å². The third-order valence-corrected chi connectivity index (χ3v) is 18.2. The van der Waals surface area contributed by atoms with Crippen LogP contribution in [0, 0.1) is 0 Å². The number of carbonyl (C=O) groups is 2. The molecule has 520 valence electrons. The second kappa shape index (κ2) is 45.3. The third-order valence-electron chi connectivity index (χ3n) is 15.6. The Morgan fingerprint density at radius 3 is 0.938 bits per heavy atom. The van der Waals surface area contributed by atoms with Gasteiger partial charge in [-0.05, 0) is 81.2 Å². The van der Waals surface area contributed by atoms with Gasteiger partial charge in [-0.1, -0.05) is 258 Å². The minimum Gasteiger partial charge on any atom is -0.480 e. The van der Waals surface area contributed by atoms with E-state index in [1.54, 1.807) is 14.1 Å². The number of rotatable bonds is 34. The van der Waals surface area contributed by atoms with E-state index < -0.39 is 60.0 Å². The second-order valence-electron chi connectivity index (χ2n) is 22.5. The van der Waals surface area contributed by atoms with Gasteiger partial charge >= 0.3 is 11.9 Å². The lowest BCUT2D eigenvalue weighted by Crippen LogP contribution is -2.60. The molecule has 2 aliphatic rings. The van der Waals surface area contributed by atoms with E-state index in [-0.39, 0.29) is 49.6 Å². The van der Waals surface area contributed by atoms with Crippen LogP contribution in [0.3, 0.4) is 0 Å². The number of likely N-dealkylation sites (N-methyl/N-ethyl adjacent to an activating group) is 2. The van der Waals surface area contributed by atoms with Crippen molar-refractivity contribution in [3.05, 3.63) is 287 Å². The van der Waals surface area contributed by atoms with Crippen LogP contribution in [0.5, 0.6) is 0 Å². The minimum absolute atomic E-state index is 0. The summed E-state index contributed by atoms with van der Waals surface area (Å²) in [5.74, 6) is -1.20. The van der Waals surface area contributed by atoms with E-state index in [4.69, 9.17) is 52.5 Å². The number of aliphatic carboxylic acids is 2.